The predicted molar refractivity (Wildman–Crippen MR) is 143 cm³/mol. The molecule has 2 saturated heterocycles. The molecule has 0 radical (unpaired) electrons. The molecule has 7 nitrogen and oxygen atoms in total. The molecule has 2 heterocycles. The molecule has 37 heavy (non-hydrogen) atoms. The van der Waals surface area contributed by atoms with Crippen molar-refractivity contribution >= 4 is 23.6 Å². The Balaban J connectivity index is 1.15. The van der Waals surface area contributed by atoms with Crippen molar-refractivity contribution in [3.63, 3.8) is 0 Å². The summed E-state index contributed by atoms with van der Waals surface area (Å²) >= 11 is 0. The number of nitro groups is 1. The molecule has 2 fully saturated rings. The first-order valence-electron chi connectivity index (χ1n) is 13.4. The zero-order chi connectivity index (χ0) is 26.0. The summed E-state index contributed by atoms with van der Waals surface area (Å²) in [6.07, 6.45) is 7.80. The lowest BCUT2D eigenvalue weighted by Crippen LogP contribution is -2.45. The van der Waals surface area contributed by atoms with E-state index in [1.165, 1.54) is 23.3 Å². The molecule has 194 valence electrons. The summed E-state index contributed by atoms with van der Waals surface area (Å²) < 4.78 is 0. The third-order valence-electron chi connectivity index (χ3n) is 8.58. The van der Waals surface area contributed by atoms with E-state index in [-0.39, 0.29) is 22.9 Å². The molecule has 1 spiro atoms. The number of non-ortho nitro benzene ring substituents is 1. The first-order chi connectivity index (χ1) is 17.9. The normalized spacial score (nSPS) is 19.3. The highest BCUT2D eigenvalue weighted by Crippen LogP contribution is 2.41. The van der Waals surface area contributed by atoms with Gasteiger partial charge >= 0.3 is 0 Å². The minimum atomic E-state index is -0.418. The van der Waals surface area contributed by atoms with Gasteiger partial charge in [-0.15, -0.1) is 0 Å². The molecule has 0 N–H and O–H groups in total. The van der Waals surface area contributed by atoms with Gasteiger partial charge in [0.05, 0.1) is 4.92 Å². The molecule has 3 aliphatic rings. The summed E-state index contributed by atoms with van der Waals surface area (Å²) in [5.74, 6) is 0.697. The summed E-state index contributed by atoms with van der Waals surface area (Å²) in [4.78, 5) is 41.1. The highest BCUT2D eigenvalue weighted by atomic mass is 16.6. The van der Waals surface area contributed by atoms with Crippen LogP contribution < -0.4 is 0 Å². The fourth-order valence-electron chi connectivity index (χ4n) is 6.36. The van der Waals surface area contributed by atoms with Crippen LogP contribution in [0.5, 0.6) is 0 Å². The number of hydrogen-bond donors (Lipinski definition) is 0. The van der Waals surface area contributed by atoms with Crippen LogP contribution in [0, 0.1) is 21.4 Å². The van der Waals surface area contributed by atoms with Crippen molar-refractivity contribution in [3.05, 3.63) is 80.9 Å². The van der Waals surface area contributed by atoms with E-state index in [4.69, 9.17) is 0 Å². The number of nitro benzene ring substituents is 1. The topological polar surface area (TPSA) is 83.8 Å². The minimum Gasteiger partial charge on any atom is -0.343 e. The van der Waals surface area contributed by atoms with Crippen molar-refractivity contribution in [2.75, 3.05) is 26.2 Å². The van der Waals surface area contributed by atoms with Crippen LogP contribution in [0.1, 0.15) is 55.7 Å². The summed E-state index contributed by atoms with van der Waals surface area (Å²) in [7, 11) is 0. The van der Waals surface area contributed by atoms with Crippen LogP contribution in [0.15, 0.2) is 54.1 Å². The molecule has 0 bridgehead atoms. The second-order valence-electron chi connectivity index (χ2n) is 11.0. The van der Waals surface area contributed by atoms with Gasteiger partial charge in [-0.3, -0.25) is 19.7 Å². The first-order valence-corrected chi connectivity index (χ1v) is 13.4. The minimum absolute atomic E-state index is 0.0187. The van der Waals surface area contributed by atoms with Crippen molar-refractivity contribution in [2.45, 2.75) is 51.9 Å². The van der Waals surface area contributed by atoms with Gasteiger partial charge in [-0.05, 0) is 72.6 Å². The summed E-state index contributed by atoms with van der Waals surface area (Å²) in [5, 5.41) is 11.1. The Hall–Kier alpha value is -3.48. The van der Waals surface area contributed by atoms with Crippen LogP contribution in [0.3, 0.4) is 0 Å². The summed E-state index contributed by atoms with van der Waals surface area (Å²) in [6, 6.07) is 14.9. The second-order valence-corrected chi connectivity index (χ2v) is 11.0. The smallest absolute Gasteiger partial charge is 0.270 e. The Labute approximate surface area is 218 Å². The van der Waals surface area contributed by atoms with Gasteiger partial charge in [-0.1, -0.05) is 43.3 Å². The van der Waals surface area contributed by atoms with Crippen LogP contribution >= 0.6 is 0 Å². The number of hydrogen-bond acceptors (Lipinski definition) is 4. The average Bonchev–Trinajstić information content (AvgIpc) is 3.51. The van der Waals surface area contributed by atoms with Gasteiger partial charge in [0.1, 0.15) is 0 Å². The monoisotopic (exact) mass is 501 g/mol. The van der Waals surface area contributed by atoms with Gasteiger partial charge < -0.3 is 9.80 Å². The van der Waals surface area contributed by atoms with E-state index in [2.05, 4.69) is 24.3 Å². The number of carbonyl (C=O) groups excluding carboxylic acids is 2. The Bertz CT molecular complexity index is 1200. The van der Waals surface area contributed by atoms with Gasteiger partial charge in [0.25, 0.3) is 5.69 Å². The van der Waals surface area contributed by atoms with Gasteiger partial charge in [-0.25, -0.2) is 0 Å². The molecular weight excluding hydrogens is 466 g/mol. The molecule has 0 aromatic heterocycles. The maximum Gasteiger partial charge on any atom is 0.270 e. The Morgan fingerprint density at radius 2 is 1.65 bits per heavy atom. The van der Waals surface area contributed by atoms with E-state index in [1.54, 1.807) is 18.2 Å². The highest BCUT2D eigenvalue weighted by molar-refractivity contribution is 5.98. The van der Waals surface area contributed by atoms with Gasteiger partial charge in [-0.2, -0.15) is 0 Å². The molecule has 2 aliphatic heterocycles. The maximum atomic E-state index is 13.3. The molecule has 0 saturated carbocycles. The number of amides is 2. The highest BCUT2D eigenvalue weighted by Gasteiger charge is 2.43. The van der Waals surface area contributed by atoms with Crippen LogP contribution in [0.4, 0.5) is 5.69 Å². The van der Waals surface area contributed by atoms with Crippen LogP contribution in [0.25, 0.3) is 6.08 Å². The standard InChI is InChI=1S/C30H35N3O4/c1-2-24(16-22-6-5-9-27(19-22)33(36)37)29(35)32-15-12-30(21-32)10-13-31(14-11-30)28(34)20-23-17-25-7-3-4-8-26(25)18-23/h3-9,16,19,23H,2,10-15,17-18,20-21H2,1H3. The van der Waals surface area contributed by atoms with E-state index < -0.39 is 4.92 Å². The molecule has 5 rings (SSSR count). The molecule has 0 unspecified atom stereocenters. The zero-order valence-corrected chi connectivity index (χ0v) is 21.5. The second kappa shape index (κ2) is 10.5. The van der Waals surface area contributed by atoms with Crippen LogP contribution in [-0.4, -0.2) is 52.7 Å². The number of rotatable bonds is 6. The zero-order valence-electron chi connectivity index (χ0n) is 21.5. The molecule has 1 aliphatic carbocycles. The number of carbonyl (C=O) groups is 2. The number of likely N-dealkylation sites (tertiary alicyclic amines) is 2. The SMILES string of the molecule is CCC(=Cc1cccc([N+](=O)[O-])c1)C(=O)N1CCC2(CCN(C(=O)CC3Cc4ccccc4C3)CC2)C1. The van der Waals surface area contributed by atoms with Crippen molar-refractivity contribution in [3.8, 4) is 0 Å². The van der Waals surface area contributed by atoms with Crippen molar-refractivity contribution in [2.24, 2.45) is 11.3 Å². The Morgan fingerprint density at radius 3 is 2.27 bits per heavy atom. The largest absolute Gasteiger partial charge is 0.343 e. The van der Waals surface area contributed by atoms with Gasteiger partial charge in [0, 0.05) is 50.3 Å². The molecule has 2 aromatic rings. The lowest BCUT2D eigenvalue weighted by molar-refractivity contribution is -0.384. The van der Waals surface area contributed by atoms with Crippen molar-refractivity contribution in [1.82, 2.24) is 9.80 Å². The third kappa shape index (κ3) is 5.45. The van der Waals surface area contributed by atoms with E-state index in [1.807, 2.05) is 16.7 Å². The first kappa shape index (κ1) is 25.2. The van der Waals surface area contributed by atoms with E-state index in [0.717, 1.165) is 58.3 Å². The summed E-state index contributed by atoms with van der Waals surface area (Å²) in [5.41, 5.74) is 4.23. The summed E-state index contributed by atoms with van der Waals surface area (Å²) in [6.45, 7) is 4.92. The fraction of sp³-hybridized carbons (Fsp3) is 0.467. The average molecular weight is 502 g/mol. The van der Waals surface area contributed by atoms with Crippen LogP contribution in [-0.2, 0) is 22.4 Å². The van der Waals surface area contributed by atoms with E-state index in [9.17, 15) is 19.7 Å². The third-order valence-corrected chi connectivity index (χ3v) is 8.58. The number of benzene rings is 2. The fourth-order valence-corrected chi connectivity index (χ4v) is 6.36. The number of piperidine rings is 1. The Kier molecular flexibility index (Phi) is 7.13. The predicted octanol–water partition coefficient (Wildman–Crippen LogP) is 5.03. The molecule has 0 atom stereocenters. The molecule has 2 amide bonds. The lowest BCUT2D eigenvalue weighted by atomic mass is 9.77. The van der Waals surface area contributed by atoms with E-state index >= 15 is 0 Å². The molecular formula is C30H35N3O4. The van der Waals surface area contributed by atoms with Gasteiger partial charge in [0.15, 0.2) is 0 Å². The number of fused-ring (bicyclic) bond motifs is 1. The Morgan fingerprint density at radius 1 is 1.00 bits per heavy atom. The quantitative estimate of drug-likeness (QED) is 0.316. The maximum absolute atomic E-state index is 13.3. The molecule has 2 aromatic carbocycles. The van der Waals surface area contributed by atoms with Gasteiger partial charge in [0.2, 0.25) is 11.8 Å². The van der Waals surface area contributed by atoms with Crippen molar-refractivity contribution < 1.29 is 14.5 Å². The number of nitrogens with zero attached hydrogens (tertiary/aromatic N) is 3. The lowest BCUT2D eigenvalue weighted by Gasteiger charge is -2.39. The molecule has 7 heteroatoms. The van der Waals surface area contributed by atoms with Crippen molar-refractivity contribution in [1.29, 1.82) is 0 Å². The van der Waals surface area contributed by atoms with E-state index in [0.29, 0.717) is 29.9 Å². The van der Waals surface area contributed by atoms with Crippen LogP contribution in [0.2, 0.25) is 0 Å².